The van der Waals surface area contributed by atoms with Crippen LogP contribution in [0.1, 0.15) is 85.7 Å². The fourth-order valence-corrected chi connectivity index (χ4v) is 5.52. The summed E-state index contributed by atoms with van der Waals surface area (Å²) in [7, 11) is 0. The number of rotatable bonds is 22. The summed E-state index contributed by atoms with van der Waals surface area (Å²) in [6.45, 7) is 3.11. The number of hydrogen-bond donors (Lipinski definition) is 4. The van der Waals surface area contributed by atoms with Crippen LogP contribution in [0.2, 0.25) is 0 Å². The first kappa shape index (κ1) is 37.3. The van der Waals surface area contributed by atoms with Gasteiger partial charge in [0.05, 0.1) is 54.7 Å². The predicted octanol–water partition coefficient (Wildman–Crippen LogP) is 5.35. The van der Waals surface area contributed by atoms with E-state index in [4.69, 9.17) is 35.3 Å². The standard InChI is InChI=1S/C31H44N4O10S/c1-2-3-10-29-32-22-27(20-26(21-28-9-8-19-46-28)31(37)43-16-5-7-18-45-35(40)41)33(29)23-24-11-13-25(14-12-24)30(36)42-15-4-6-17-44-34(38)39/h8,11-14,19-20,22,28,38-41H,2-7,9-10,15-18,21,23H2,1H3/b26-20+. The summed E-state index contributed by atoms with van der Waals surface area (Å²) < 4.78 is 13.0. The van der Waals surface area contributed by atoms with Crippen molar-refractivity contribution >= 4 is 29.8 Å². The molecule has 0 spiro atoms. The number of carbonyl (C=O) groups excluding carboxylic acids is 2. The second-order valence-corrected chi connectivity index (χ2v) is 11.8. The number of aromatic nitrogens is 2. The van der Waals surface area contributed by atoms with Crippen LogP contribution < -0.4 is 0 Å². The molecule has 14 nitrogen and oxygen atoms in total. The third-order valence-corrected chi connectivity index (χ3v) is 8.10. The average molecular weight is 665 g/mol. The van der Waals surface area contributed by atoms with Gasteiger partial charge < -0.3 is 14.0 Å². The molecule has 46 heavy (non-hydrogen) atoms. The predicted molar refractivity (Wildman–Crippen MR) is 167 cm³/mol. The van der Waals surface area contributed by atoms with E-state index < -0.39 is 11.9 Å². The molecule has 2 heterocycles. The van der Waals surface area contributed by atoms with Gasteiger partial charge in [-0.15, -0.1) is 11.8 Å². The molecule has 254 valence electrons. The Morgan fingerprint density at radius 3 is 2.22 bits per heavy atom. The zero-order chi connectivity index (χ0) is 33.1. The van der Waals surface area contributed by atoms with Crippen molar-refractivity contribution in [1.82, 2.24) is 20.3 Å². The Balaban J connectivity index is 1.69. The van der Waals surface area contributed by atoms with Crippen molar-refractivity contribution in [3.05, 3.63) is 70.2 Å². The molecule has 0 radical (unpaired) electrons. The van der Waals surface area contributed by atoms with Crippen LogP contribution in [-0.2, 0) is 36.9 Å². The summed E-state index contributed by atoms with van der Waals surface area (Å²) >= 11 is 1.69. The van der Waals surface area contributed by atoms with Crippen molar-refractivity contribution in [3.63, 3.8) is 0 Å². The normalized spacial score (nSPS) is 14.8. The Morgan fingerprint density at radius 2 is 1.61 bits per heavy atom. The Morgan fingerprint density at radius 1 is 0.957 bits per heavy atom. The highest BCUT2D eigenvalue weighted by Crippen LogP contribution is 2.30. The van der Waals surface area contributed by atoms with Crippen LogP contribution in [0.15, 0.2) is 47.5 Å². The largest absolute Gasteiger partial charge is 0.462 e. The number of esters is 2. The highest BCUT2D eigenvalue weighted by molar-refractivity contribution is 8.03. The maximum atomic E-state index is 13.2. The molecule has 0 amide bonds. The lowest BCUT2D eigenvalue weighted by Gasteiger charge is -2.15. The molecule has 15 heteroatoms. The SMILES string of the molecule is CCCCc1ncc(/C=C(\CC2CC=CS2)C(=O)OCCCCON(O)O)n1Cc1ccc(C(=O)OCCCCON(O)O)cc1. The van der Waals surface area contributed by atoms with Gasteiger partial charge >= 0.3 is 11.9 Å². The van der Waals surface area contributed by atoms with Gasteiger partial charge in [0.25, 0.3) is 0 Å². The minimum atomic E-state index is -0.452. The van der Waals surface area contributed by atoms with Crippen molar-refractivity contribution in [3.8, 4) is 0 Å². The van der Waals surface area contributed by atoms with Gasteiger partial charge in [-0.3, -0.25) is 30.5 Å². The van der Waals surface area contributed by atoms with E-state index in [-0.39, 0.29) is 42.5 Å². The molecule has 4 N–H and O–H groups in total. The van der Waals surface area contributed by atoms with E-state index in [0.29, 0.717) is 49.8 Å². The molecule has 1 aromatic carbocycles. The first-order valence-electron chi connectivity index (χ1n) is 15.4. The number of imidazole rings is 1. The van der Waals surface area contributed by atoms with Gasteiger partial charge in [-0.1, -0.05) is 31.6 Å². The second kappa shape index (κ2) is 20.9. The molecule has 0 bridgehead atoms. The second-order valence-electron chi connectivity index (χ2n) is 10.6. The fourth-order valence-electron chi connectivity index (χ4n) is 4.58. The number of thioether (sulfide) groups is 1. The van der Waals surface area contributed by atoms with Crippen molar-refractivity contribution in [2.24, 2.45) is 0 Å². The lowest BCUT2D eigenvalue weighted by molar-refractivity contribution is -0.492. The molecule has 1 aliphatic heterocycles. The van der Waals surface area contributed by atoms with Gasteiger partial charge in [0.1, 0.15) is 5.82 Å². The van der Waals surface area contributed by atoms with E-state index >= 15 is 0 Å². The monoisotopic (exact) mass is 664 g/mol. The lowest BCUT2D eigenvalue weighted by atomic mass is 10.1. The van der Waals surface area contributed by atoms with E-state index in [1.807, 2.05) is 23.6 Å². The van der Waals surface area contributed by atoms with Crippen molar-refractivity contribution in [2.75, 3.05) is 26.4 Å². The molecular weight excluding hydrogens is 620 g/mol. The molecule has 0 fully saturated rings. The quantitative estimate of drug-likeness (QED) is 0.0548. The Hall–Kier alpha value is -3.12. The zero-order valence-corrected chi connectivity index (χ0v) is 26.8. The van der Waals surface area contributed by atoms with Gasteiger partial charge in [-0.05, 0) is 74.1 Å². The number of ether oxygens (including phenoxy) is 2. The molecule has 1 atom stereocenters. The Labute approximate surface area is 272 Å². The van der Waals surface area contributed by atoms with Crippen molar-refractivity contribution < 1.29 is 49.6 Å². The summed E-state index contributed by atoms with van der Waals surface area (Å²) in [4.78, 5) is 39.4. The van der Waals surface area contributed by atoms with Crippen LogP contribution in [0, 0.1) is 0 Å². The van der Waals surface area contributed by atoms with E-state index in [9.17, 15) is 9.59 Å². The topological polar surface area (TPSA) is 176 Å². The van der Waals surface area contributed by atoms with Crippen molar-refractivity contribution in [1.29, 1.82) is 0 Å². The lowest BCUT2D eigenvalue weighted by Crippen LogP contribution is -2.16. The number of unbranched alkanes of at least 4 members (excludes halogenated alkanes) is 3. The van der Waals surface area contributed by atoms with Crippen LogP contribution in [-0.4, -0.2) is 84.8 Å². The Bertz CT molecular complexity index is 1260. The highest BCUT2D eigenvalue weighted by Gasteiger charge is 2.21. The maximum Gasteiger partial charge on any atom is 0.338 e. The number of hydrogen-bond acceptors (Lipinski definition) is 14. The third kappa shape index (κ3) is 13.7. The molecule has 3 rings (SSSR count). The van der Waals surface area contributed by atoms with Crippen molar-refractivity contribution in [2.45, 2.75) is 76.5 Å². The average Bonchev–Trinajstić information content (AvgIpc) is 3.69. The number of benzene rings is 1. The highest BCUT2D eigenvalue weighted by atomic mass is 32.2. The molecule has 2 aromatic rings. The summed E-state index contributed by atoms with van der Waals surface area (Å²) in [5.74, 6) is 0.0471. The maximum absolute atomic E-state index is 13.2. The molecule has 1 unspecified atom stereocenters. The summed E-state index contributed by atoms with van der Waals surface area (Å²) in [6, 6.07) is 7.16. The summed E-state index contributed by atoms with van der Waals surface area (Å²) in [6.07, 6.45) is 11.8. The molecule has 1 aromatic heterocycles. The van der Waals surface area contributed by atoms with E-state index in [2.05, 4.69) is 27.2 Å². The van der Waals surface area contributed by atoms with Crippen LogP contribution in [0.4, 0.5) is 0 Å². The molecule has 0 saturated heterocycles. The van der Waals surface area contributed by atoms with Crippen LogP contribution >= 0.6 is 11.8 Å². The zero-order valence-electron chi connectivity index (χ0n) is 26.0. The number of nitrogens with zero attached hydrogens (tertiary/aromatic N) is 4. The van der Waals surface area contributed by atoms with Gasteiger partial charge in [-0.25, -0.2) is 14.6 Å². The third-order valence-electron chi connectivity index (χ3n) is 7.01. The van der Waals surface area contributed by atoms with E-state index in [0.717, 1.165) is 42.8 Å². The van der Waals surface area contributed by atoms with E-state index in [1.54, 1.807) is 30.1 Å². The number of aryl methyl sites for hydroxylation is 1. The van der Waals surface area contributed by atoms with Gasteiger partial charge in [-0.2, -0.15) is 0 Å². The summed E-state index contributed by atoms with van der Waals surface area (Å²) in [5.41, 5.74) is 2.69. The molecule has 0 aliphatic carbocycles. The van der Waals surface area contributed by atoms with Gasteiger partial charge in [0.2, 0.25) is 0 Å². The Kier molecular flexibility index (Phi) is 17.0. The van der Waals surface area contributed by atoms with Crippen LogP contribution in [0.25, 0.3) is 6.08 Å². The fraction of sp³-hybridized carbons (Fsp3) is 0.516. The first-order chi connectivity index (χ1) is 22.3. The minimum Gasteiger partial charge on any atom is -0.462 e. The summed E-state index contributed by atoms with van der Waals surface area (Å²) in [5, 5.41) is 35.9. The van der Waals surface area contributed by atoms with Crippen LogP contribution in [0.5, 0.6) is 0 Å². The smallest absolute Gasteiger partial charge is 0.338 e. The van der Waals surface area contributed by atoms with Gasteiger partial charge in [0.15, 0.2) is 0 Å². The number of allylic oxidation sites excluding steroid dienone is 1. The first-order valence-corrected chi connectivity index (χ1v) is 16.3. The molecule has 0 saturated carbocycles. The van der Waals surface area contributed by atoms with E-state index in [1.165, 1.54) is 0 Å². The molecular formula is C31H44N4O10S. The molecule has 1 aliphatic rings. The minimum absolute atomic E-state index is 0.0760. The number of carbonyl (C=O) groups is 2. The van der Waals surface area contributed by atoms with Gasteiger partial charge in [0, 0.05) is 23.8 Å². The van der Waals surface area contributed by atoms with Crippen LogP contribution in [0.3, 0.4) is 0 Å².